The van der Waals surface area contributed by atoms with Crippen LogP contribution in [-0.4, -0.2) is 34.3 Å². The SMILES string of the molecule is CCC(CCO)CNC(=O)c1cc(O)[nH]c(=O)c1. The van der Waals surface area contributed by atoms with Crippen LogP contribution >= 0.6 is 0 Å². The van der Waals surface area contributed by atoms with Crippen molar-refractivity contribution < 1.29 is 15.0 Å². The molecule has 0 saturated heterocycles. The summed E-state index contributed by atoms with van der Waals surface area (Å²) in [6.07, 6.45) is 1.47. The molecule has 0 saturated carbocycles. The normalized spacial score (nSPS) is 12.1. The number of carbonyl (C=O) groups excluding carboxylic acids is 1. The van der Waals surface area contributed by atoms with Crippen LogP contribution in [0.5, 0.6) is 5.88 Å². The summed E-state index contributed by atoms with van der Waals surface area (Å²) in [5, 5.41) is 20.7. The second-order valence-corrected chi connectivity index (χ2v) is 4.12. The van der Waals surface area contributed by atoms with E-state index in [9.17, 15) is 14.7 Å². The molecule has 1 aromatic rings. The van der Waals surface area contributed by atoms with E-state index in [1.165, 1.54) is 6.07 Å². The third-order valence-corrected chi connectivity index (χ3v) is 2.76. The molecule has 1 unspecified atom stereocenters. The van der Waals surface area contributed by atoms with Crippen LogP contribution < -0.4 is 10.9 Å². The summed E-state index contributed by atoms with van der Waals surface area (Å²) in [5.74, 6) is -0.544. The fourth-order valence-corrected chi connectivity index (χ4v) is 1.63. The fraction of sp³-hybridized carbons (Fsp3) is 0.500. The Morgan fingerprint density at radius 3 is 2.78 bits per heavy atom. The maximum absolute atomic E-state index is 11.7. The quantitative estimate of drug-likeness (QED) is 0.583. The molecule has 1 rings (SSSR count). The predicted octanol–water partition coefficient (Wildman–Crippen LogP) is 0.219. The summed E-state index contributed by atoms with van der Waals surface area (Å²) in [6.45, 7) is 2.50. The summed E-state index contributed by atoms with van der Waals surface area (Å²) in [4.78, 5) is 25.0. The van der Waals surface area contributed by atoms with Gasteiger partial charge in [-0.2, -0.15) is 0 Å². The average molecular weight is 254 g/mol. The molecule has 0 aromatic carbocycles. The Hall–Kier alpha value is -1.82. The molecule has 0 spiro atoms. The van der Waals surface area contributed by atoms with Crippen molar-refractivity contribution in [2.24, 2.45) is 5.92 Å². The number of aromatic nitrogens is 1. The lowest BCUT2D eigenvalue weighted by Gasteiger charge is -2.14. The molecule has 6 heteroatoms. The summed E-state index contributed by atoms with van der Waals surface area (Å²) in [7, 11) is 0. The zero-order valence-electron chi connectivity index (χ0n) is 10.3. The Morgan fingerprint density at radius 1 is 1.50 bits per heavy atom. The van der Waals surface area contributed by atoms with Gasteiger partial charge in [0.1, 0.15) is 0 Å². The van der Waals surface area contributed by atoms with Gasteiger partial charge >= 0.3 is 0 Å². The van der Waals surface area contributed by atoms with Crippen LogP contribution in [0.25, 0.3) is 0 Å². The van der Waals surface area contributed by atoms with Crippen LogP contribution in [0.3, 0.4) is 0 Å². The molecule has 0 aliphatic rings. The average Bonchev–Trinajstić information content (AvgIpc) is 2.32. The molecule has 0 aliphatic carbocycles. The van der Waals surface area contributed by atoms with Crippen molar-refractivity contribution >= 4 is 5.91 Å². The van der Waals surface area contributed by atoms with Gasteiger partial charge in [0.15, 0.2) is 5.88 Å². The third-order valence-electron chi connectivity index (χ3n) is 2.76. The molecular formula is C12H18N2O4. The fourth-order valence-electron chi connectivity index (χ4n) is 1.63. The first-order valence-electron chi connectivity index (χ1n) is 5.89. The van der Waals surface area contributed by atoms with Gasteiger partial charge in [0.05, 0.1) is 5.56 Å². The number of aliphatic hydroxyl groups is 1. The molecule has 18 heavy (non-hydrogen) atoms. The molecule has 0 fully saturated rings. The number of hydrogen-bond donors (Lipinski definition) is 4. The van der Waals surface area contributed by atoms with E-state index in [1.54, 1.807) is 0 Å². The van der Waals surface area contributed by atoms with Crippen molar-refractivity contribution in [1.82, 2.24) is 10.3 Å². The second kappa shape index (κ2) is 6.80. The van der Waals surface area contributed by atoms with Gasteiger partial charge in [-0.05, 0) is 12.3 Å². The highest BCUT2D eigenvalue weighted by Crippen LogP contribution is 2.07. The highest BCUT2D eigenvalue weighted by atomic mass is 16.3. The van der Waals surface area contributed by atoms with Crippen molar-refractivity contribution in [2.75, 3.05) is 13.2 Å². The molecule has 1 heterocycles. The van der Waals surface area contributed by atoms with E-state index < -0.39 is 11.5 Å². The lowest BCUT2D eigenvalue weighted by molar-refractivity contribution is 0.0943. The van der Waals surface area contributed by atoms with E-state index in [1.807, 2.05) is 6.92 Å². The molecule has 0 aliphatic heterocycles. The first-order chi connectivity index (χ1) is 8.56. The number of nitrogens with one attached hydrogen (secondary N) is 2. The zero-order chi connectivity index (χ0) is 13.5. The van der Waals surface area contributed by atoms with Gasteiger partial charge in [0.25, 0.3) is 11.5 Å². The molecular weight excluding hydrogens is 236 g/mol. The van der Waals surface area contributed by atoms with Gasteiger partial charge < -0.3 is 15.5 Å². The maximum atomic E-state index is 11.7. The van der Waals surface area contributed by atoms with Gasteiger partial charge in [-0.3, -0.25) is 14.6 Å². The van der Waals surface area contributed by atoms with Crippen LogP contribution in [-0.2, 0) is 0 Å². The first kappa shape index (κ1) is 14.2. The first-order valence-corrected chi connectivity index (χ1v) is 5.89. The van der Waals surface area contributed by atoms with E-state index in [-0.39, 0.29) is 24.0 Å². The summed E-state index contributed by atoms with van der Waals surface area (Å²) >= 11 is 0. The Balaban J connectivity index is 2.62. The number of amides is 1. The van der Waals surface area contributed by atoms with Gasteiger partial charge in [0.2, 0.25) is 0 Å². The van der Waals surface area contributed by atoms with Gasteiger partial charge in [-0.15, -0.1) is 0 Å². The van der Waals surface area contributed by atoms with E-state index in [2.05, 4.69) is 10.3 Å². The minimum absolute atomic E-state index is 0.0835. The molecule has 1 aromatic heterocycles. The van der Waals surface area contributed by atoms with Crippen LogP contribution in [0, 0.1) is 5.92 Å². The van der Waals surface area contributed by atoms with Crippen molar-refractivity contribution in [3.8, 4) is 5.88 Å². The molecule has 1 amide bonds. The topological polar surface area (TPSA) is 102 Å². The highest BCUT2D eigenvalue weighted by molar-refractivity contribution is 5.94. The van der Waals surface area contributed by atoms with Gasteiger partial charge in [-0.1, -0.05) is 13.3 Å². The largest absolute Gasteiger partial charge is 0.494 e. The van der Waals surface area contributed by atoms with Crippen LogP contribution in [0.1, 0.15) is 30.1 Å². The van der Waals surface area contributed by atoms with Crippen molar-refractivity contribution in [3.05, 3.63) is 28.0 Å². The minimum atomic E-state index is -0.525. The van der Waals surface area contributed by atoms with Crippen molar-refractivity contribution in [1.29, 1.82) is 0 Å². The maximum Gasteiger partial charge on any atom is 0.251 e. The number of pyridine rings is 1. The molecule has 100 valence electrons. The summed E-state index contributed by atoms with van der Waals surface area (Å²) < 4.78 is 0. The number of aliphatic hydroxyl groups excluding tert-OH is 1. The number of aromatic hydroxyl groups is 1. The number of aromatic amines is 1. The number of carbonyl (C=O) groups is 1. The monoisotopic (exact) mass is 254 g/mol. The highest BCUT2D eigenvalue weighted by Gasteiger charge is 2.11. The van der Waals surface area contributed by atoms with Crippen LogP contribution in [0.4, 0.5) is 0 Å². The predicted molar refractivity (Wildman–Crippen MR) is 66.5 cm³/mol. The minimum Gasteiger partial charge on any atom is -0.494 e. The molecule has 1 atom stereocenters. The summed E-state index contributed by atoms with van der Waals surface area (Å²) in [6, 6.07) is 2.33. The van der Waals surface area contributed by atoms with E-state index in [0.717, 1.165) is 12.5 Å². The third kappa shape index (κ3) is 4.21. The van der Waals surface area contributed by atoms with Crippen molar-refractivity contribution in [3.63, 3.8) is 0 Å². The van der Waals surface area contributed by atoms with Crippen LogP contribution in [0.2, 0.25) is 0 Å². The second-order valence-electron chi connectivity index (χ2n) is 4.12. The Morgan fingerprint density at radius 2 is 2.22 bits per heavy atom. The van der Waals surface area contributed by atoms with Crippen LogP contribution in [0.15, 0.2) is 16.9 Å². The Labute approximate surface area is 105 Å². The lowest BCUT2D eigenvalue weighted by atomic mass is 10.0. The molecule has 6 nitrogen and oxygen atoms in total. The smallest absolute Gasteiger partial charge is 0.251 e. The Bertz CT molecular complexity index is 456. The van der Waals surface area contributed by atoms with E-state index in [4.69, 9.17) is 5.11 Å². The summed E-state index contributed by atoms with van der Waals surface area (Å²) in [5.41, 5.74) is -0.405. The van der Waals surface area contributed by atoms with E-state index >= 15 is 0 Å². The van der Waals surface area contributed by atoms with Crippen molar-refractivity contribution in [2.45, 2.75) is 19.8 Å². The number of rotatable bonds is 6. The molecule has 0 bridgehead atoms. The van der Waals surface area contributed by atoms with Gasteiger partial charge in [0, 0.05) is 25.3 Å². The number of H-pyrrole nitrogens is 1. The molecule has 4 N–H and O–H groups in total. The van der Waals surface area contributed by atoms with Gasteiger partial charge in [-0.25, -0.2) is 0 Å². The zero-order valence-corrected chi connectivity index (χ0v) is 10.3. The standard InChI is InChI=1S/C12H18N2O4/c1-2-8(3-4-15)7-13-12(18)9-5-10(16)14-11(17)6-9/h5-6,8,15H,2-4,7H2,1H3,(H,13,18)(H2,14,16,17). The number of hydrogen-bond acceptors (Lipinski definition) is 4. The van der Waals surface area contributed by atoms with E-state index in [0.29, 0.717) is 13.0 Å². The molecule has 0 radical (unpaired) electrons. The Kier molecular flexibility index (Phi) is 5.38. The lowest BCUT2D eigenvalue weighted by Crippen LogP contribution is -2.30.